The largest absolute Gasteiger partial charge is 0.496 e. The van der Waals surface area contributed by atoms with E-state index in [1.54, 1.807) is 25.3 Å². The summed E-state index contributed by atoms with van der Waals surface area (Å²) < 4.78 is 10.0. The standard InChI is InChI=1S/C13H16O3/c1-4-5-11-8-10(12(14)9-15-2)6-7-13(11)16-3/h4,6-8H,1,5,9H2,2-3H3. The van der Waals surface area contributed by atoms with Gasteiger partial charge in [-0.1, -0.05) is 6.08 Å². The number of ketones is 1. The highest BCUT2D eigenvalue weighted by molar-refractivity contribution is 5.97. The van der Waals surface area contributed by atoms with Crippen LogP contribution in [0.5, 0.6) is 5.75 Å². The molecule has 0 heterocycles. The van der Waals surface area contributed by atoms with Gasteiger partial charge in [0.05, 0.1) is 7.11 Å². The van der Waals surface area contributed by atoms with Gasteiger partial charge in [0.25, 0.3) is 0 Å². The number of Topliss-reactive ketones (excluding diaryl/α,β-unsaturated/α-hetero) is 1. The van der Waals surface area contributed by atoms with Gasteiger partial charge in [0.2, 0.25) is 0 Å². The summed E-state index contributed by atoms with van der Waals surface area (Å²) in [6.07, 6.45) is 2.46. The van der Waals surface area contributed by atoms with E-state index in [-0.39, 0.29) is 12.4 Å². The summed E-state index contributed by atoms with van der Waals surface area (Å²) in [6, 6.07) is 5.36. The van der Waals surface area contributed by atoms with Crippen molar-refractivity contribution in [2.24, 2.45) is 0 Å². The molecule has 0 amide bonds. The molecule has 0 fully saturated rings. The van der Waals surface area contributed by atoms with Crippen LogP contribution in [0.2, 0.25) is 0 Å². The fourth-order valence-electron chi connectivity index (χ4n) is 1.48. The molecule has 0 saturated heterocycles. The van der Waals surface area contributed by atoms with Gasteiger partial charge in [-0.15, -0.1) is 6.58 Å². The van der Waals surface area contributed by atoms with E-state index in [4.69, 9.17) is 9.47 Å². The summed E-state index contributed by atoms with van der Waals surface area (Å²) in [5.41, 5.74) is 1.60. The maximum atomic E-state index is 11.6. The van der Waals surface area contributed by atoms with Gasteiger partial charge in [-0.05, 0) is 30.2 Å². The highest BCUT2D eigenvalue weighted by atomic mass is 16.5. The molecule has 1 aromatic rings. The van der Waals surface area contributed by atoms with Crippen molar-refractivity contribution >= 4 is 5.78 Å². The fraction of sp³-hybridized carbons (Fsp3) is 0.308. The summed E-state index contributed by atoms with van der Waals surface area (Å²) >= 11 is 0. The fourth-order valence-corrected chi connectivity index (χ4v) is 1.48. The molecule has 16 heavy (non-hydrogen) atoms. The molecule has 0 spiro atoms. The average Bonchev–Trinajstić information content (AvgIpc) is 2.29. The zero-order chi connectivity index (χ0) is 12.0. The Balaban J connectivity index is 3.00. The van der Waals surface area contributed by atoms with Gasteiger partial charge < -0.3 is 9.47 Å². The van der Waals surface area contributed by atoms with E-state index in [0.29, 0.717) is 12.0 Å². The molecule has 0 aliphatic rings. The van der Waals surface area contributed by atoms with E-state index in [0.717, 1.165) is 11.3 Å². The van der Waals surface area contributed by atoms with Crippen LogP contribution < -0.4 is 4.74 Å². The summed E-state index contributed by atoms with van der Waals surface area (Å²) in [7, 11) is 3.12. The maximum absolute atomic E-state index is 11.6. The lowest BCUT2D eigenvalue weighted by molar-refractivity contribution is 0.0848. The molecule has 0 saturated carbocycles. The summed E-state index contributed by atoms with van der Waals surface area (Å²) in [5, 5.41) is 0. The second-order valence-electron chi connectivity index (χ2n) is 3.38. The number of carbonyl (C=O) groups is 1. The average molecular weight is 220 g/mol. The maximum Gasteiger partial charge on any atom is 0.188 e. The molecule has 0 N–H and O–H groups in total. The molecule has 0 bridgehead atoms. The van der Waals surface area contributed by atoms with Crippen molar-refractivity contribution in [3.63, 3.8) is 0 Å². The highest BCUT2D eigenvalue weighted by Crippen LogP contribution is 2.21. The van der Waals surface area contributed by atoms with E-state index in [9.17, 15) is 4.79 Å². The first-order valence-corrected chi connectivity index (χ1v) is 5.03. The van der Waals surface area contributed by atoms with Crippen molar-refractivity contribution in [2.75, 3.05) is 20.8 Å². The van der Waals surface area contributed by atoms with Crippen molar-refractivity contribution < 1.29 is 14.3 Å². The number of benzene rings is 1. The minimum Gasteiger partial charge on any atom is -0.496 e. The lowest BCUT2D eigenvalue weighted by Crippen LogP contribution is -2.07. The number of carbonyl (C=O) groups excluding carboxylic acids is 1. The molecule has 3 heteroatoms. The summed E-state index contributed by atoms with van der Waals surface area (Å²) in [6.45, 7) is 3.77. The molecular formula is C13H16O3. The first-order chi connectivity index (χ1) is 7.72. The first-order valence-electron chi connectivity index (χ1n) is 5.03. The molecule has 3 nitrogen and oxygen atoms in total. The van der Waals surface area contributed by atoms with E-state index in [1.165, 1.54) is 7.11 Å². The van der Waals surface area contributed by atoms with Gasteiger partial charge >= 0.3 is 0 Å². The number of rotatable bonds is 6. The molecule has 0 aromatic heterocycles. The van der Waals surface area contributed by atoms with Gasteiger partial charge in [-0.3, -0.25) is 4.79 Å². The third-order valence-corrected chi connectivity index (χ3v) is 2.24. The van der Waals surface area contributed by atoms with Gasteiger partial charge in [-0.25, -0.2) is 0 Å². The predicted octanol–water partition coefficient (Wildman–Crippen LogP) is 2.25. The van der Waals surface area contributed by atoms with E-state index in [2.05, 4.69) is 6.58 Å². The Bertz CT molecular complexity index is 383. The monoisotopic (exact) mass is 220 g/mol. The lowest BCUT2D eigenvalue weighted by Gasteiger charge is -2.08. The van der Waals surface area contributed by atoms with Crippen LogP contribution >= 0.6 is 0 Å². The smallest absolute Gasteiger partial charge is 0.188 e. The van der Waals surface area contributed by atoms with Gasteiger partial charge in [0.1, 0.15) is 12.4 Å². The molecule has 1 rings (SSSR count). The Hall–Kier alpha value is -1.61. The summed E-state index contributed by atoms with van der Waals surface area (Å²) in [5.74, 6) is 0.740. The Morgan fingerprint density at radius 2 is 2.19 bits per heavy atom. The Labute approximate surface area is 95.7 Å². The van der Waals surface area contributed by atoms with Gasteiger partial charge in [0.15, 0.2) is 5.78 Å². The van der Waals surface area contributed by atoms with Crippen LogP contribution in [-0.2, 0) is 11.2 Å². The van der Waals surface area contributed by atoms with Crippen LogP contribution in [-0.4, -0.2) is 26.6 Å². The minimum absolute atomic E-state index is 0.0320. The van der Waals surface area contributed by atoms with Gasteiger partial charge in [-0.2, -0.15) is 0 Å². The normalized spacial score (nSPS) is 9.88. The van der Waals surface area contributed by atoms with Gasteiger partial charge in [0, 0.05) is 12.7 Å². The molecule has 0 radical (unpaired) electrons. The van der Waals surface area contributed by atoms with Crippen LogP contribution in [0, 0.1) is 0 Å². The van der Waals surface area contributed by atoms with Crippen molar-refractivity contribution in [2.45, 2.75) is 6.42 Å². The van der Waals surface area contributed by atoms with Crippen LogP contribution in [0.3, 0.4) is 0 Å². The van der Waals surface area contributed by atoms with E-state index < -0.39 is 0 Å². The van der Waals surface area contributed by atoms with E-state index in [1.807, 2.05) is 6.07 Å². The lowest BCUT2D eigenvalue weighted by atomic mass is 10.0. The molecule has 0 atom stereocenters. The van der Waals surface area contributed by atoms with Crippen LogP contribution in [0.15, 0.2) is 30.9 Å². The SMILES string of the molecule is C=CCc1cc(C(=O)COC)ccc1OC. The van der Waals surface area contributed by atoms with Crippen molar-refractivity contribution in [1.29, 1.82) is 0 Å². The number of hydrogen-bond acceptors (Lipinski definition) is 3. The molecule has 1 aromatic carbocycles. The second kappa shape index (κ2) is 6.08. The molecule has 0 unspecified atom stereocenters. The van der Waals surface area contributed by atoms with Crippen molar-refractivity contribution in [3.8, 4) is 5.75 Å². The number of hydrogen-bond donors (Lipinski definition) is 0. The Kier molecular flexibility index (Phi) is 4.73. The Morgan fingerprint density at radius 3 is 2.75 bits per heavy atom. The molecular weight excluding hydrogens is 204 g/mol. The van der Waals surface area contributed by atoms with E-state index >= 15 is 0 Å². The Morgan fingerprint density at radius 1 is 1.44 bits per heavy atom. The quantitative estimate of drug-likeness (QED) is 0.545. The summed E-state index contributed by atoms with van der Waals surface area (Å²) in [4.78, 5) is 11.6. The zero-order valence-electron chi connectivity index (χ0n) is 9.66. The number of ether oxygens (including phenoxy) is 2. The first kappa shape index (κ1) is 12.5. The number of methoxy groups -OCH3 is 2. The van der Waals surface area contributed by atoms with Crippen molar-refractivity contribution in [1.82, 2.24) is 0 Å². The molecule has 86 valence electrons. The third-order valence-electron chi connectivity index (χ3n) is 2.24. The molecule has 0 aliphatic carbocycles. The predicted molar refractivity (Wildman–Crippen MR) is 63.1 cm³/mol. The van der Waals surface area contributed by atoms with Crippen LogP contribution in [0.1, 0.15) is 15.9 Å². The molecule has 0 aliphatic heterocycles. The van der Waals surface area contributed by atoms with Crippen LogP contribution in [0.4, 0.5) is 0 Å². The highest BCUT2D eigenvalue weighted by Gasteiger charge is 2.09. The minimum atomic E-state index is -0.0320. The zero-order valence-corrected chi connectivity index (χ0v) is 9.66. The number of allylic oxidation sites excluding steroid dienone is 1. The van der Waals surface area contributed by atoms with Crippen molar-refractivity contribution in [3.05, 3.63) is 42.0 Å². The third kappa shape index (κ3) is 2.94. The van der Waals surface area contributed by atoms with Crippen LogP contribution in [0.25, 0.3) is 0 Å². The topological polar surface area (TPSA) is 35.5 Å². The second-order valence-corrected chi connectivity index (χ2v) is 3.38.